The van der Waals surface area contributed by atoms with E-state index < -0.39 is 0 Å². The number of carbonyl (C=O) groups is 1. The highest BCUT2D eigenvalue weighted by Crippen LogP contribution is 2.36. The van der Waals surface area contributed by atoms with E-state index in [1.807, 2.05) is 11.8 Å². The monoisotopic (exact) mass is 257 g/mol. The van der Waals surface area contributed by atoms with Gasteiger partial charge in [-0.25, -0.2) is 4.98 Å². The third-order valence-electron chi connectivity index (χ3n) is 2.68. The molecule has 3 N–H and O–H groups in total. The van der Waals surface area contributed by atoms with E-state index in [1.54, 1.807) is 5.38 Å². The lowest BCUT2D eigenvalue weighted by atomic mass is 10.1. The van der Waals surface area contributed by atoms with Crippen molar-refractivity contribution in [3.8, 4) is 0 Å². The SMILES string of the molecule is CC1(CNC(=O)c2csc(N)n2)CCCS1. The summed E-state index contributed by atoms with van der Waals surface area (Å²) in [6.07, 6.45) is 2.40. The van der Waals surface area contributed by atoms with E-state index in [1.165, 1.54) is 23.5 Å². The van der Waals surface area contributed by atoms with Gasteiger partial charge in [-0.15, -0.1) is 11.3 Å². The highest BCUT2D eigenvalue weighted by Gasteiger charge is 2.29. The summed E-state index contributed by atoms with van der Waals surface area (Å²) in [6.45, 7) is 2.90. The summed E-state index contributed by atoms with van der Waals surface area (Å²) in [4.78, 5) is 15.7. The molecule has 0 radical (unpaired) electrons. The third-order valence-corrected chi connectivity index (χ3v) is 4.89. The number of hydrogen-bond donors (Lipinski definition) is 2. The van der Waals surface area contributed by atoms with Gasteiger partial charge < -0.3 is 11.1 Å². The summed E-state index contributed by atoms with van der Waals surface area (Å²) >= 11 is 3.22. The van der Waals surface area contributed by atoms with E-state index in [9.17, 15) is 4.79 Å². The van der Waals surface area contributed by atoms with Crippen LogP contribution in [0.25, 0.3) is 0 Å². The standard InChI is InChI=1S/C10H15N3OS2/c1-10(3-2-4-16-10)6-12-8(14)7-5-15-9(11)13-7/h5H,2-4,6H2,1H3,(H2,11,13)(H,12,14). The van der Waals surface area contributed by atoms with Crippen LogP contribution in [0.4, 0.5) is 5.13 Å². The fourth-order valence-electron chi connectivity index (χ4n) is 1.73. The Balaban J connectivity index is 1.88. The van der Waals surface area contributed by atoms with Crippen molar-refractivity contribution in [2.75, 3.05) is 18.0 Å². The Bertz CT molecular complexity index is 385. The van der Waals surface area contributed by atoms with Crippen molar-refractivity contribution < 1.29 is 4.79 Å². The molecule has 1 unspecified atom stereocenters. The lowest BCUT2D eigenvalue weighted by Gasteiger charge is -2.22. The van der Waals surface area contributed by atoms with Crippen LogP contribution in [-0.4, -0.2) is 27.9 Å². The molecule has 1 aromatic rings. The number of rotatable bonds is 3. The summed E-state index contributed by atoms with van der Waals surface area (Å²) in [6, 6.07) is 0. The summed E-state index contributed by atoms with van der Waals surface area (Å²) in [5, 5.41) is 5.05. The molecule has 4 nitrogen and oxygen atoms in total. The number of thioether (sulfide) groups is 1. The summed E-state index contributed by atoms with van der Waals surface area (Å²) in [7, 11) is 0. The molecule has 1 aliphatic rings. The van der Waals surface area contributed by atoms with Crippen LogP contribution in [0.2, 0.25) is 0 Å². The summed E-state index contributed by atoms with van der Waals surface area (Å²) in [5.74, 6) is 1.07. The van der Waals surface area contributed by atoms with Gasteiger partial charge in [0.15, 0.2) is 5.13 Å². The lowest BCUT2D eigenvalue weighted by molar-refractivity contribution is 0.0946. The molecule has 2 rings (SSSR count). The highest BCUT2D eigenvalue weighted by atomic mass is 32.2. The number of nitrogens with two attached hydrogens (primary N) is 1. The third kappa shape index (κ3) is 2.68. The zero-order valence-corrected chi connectivity index (χ0v) is 10.8. The van der Waals surface area contributed by atoms with Crippen LogP contribution in [0.3, 0.4) is 0 Å². The Morgan fingerprint density at radius 3 is 3.12 bits per heavy atom. The van der Waals surface area contributed by atoms with Crippen molar-refractivity contribution in [1.82, 2.24) is 10.3 Å². The minimum atomic E-state index is -0.123. The second kappa shape index (κ2) is 4.63. The number of nitrogens with zero attached hydrogens (tertiary/aromatic N) is 1. The van der Waals surface area contributed by atoms with Gasteiger partial charge in [-0.05, 0) is 25.5 Å². The van der Waals surface area contributed by atoms with Crippen LogP contribution in [0, 0.1) is 0 Å². The number of nitrogen functional groups attached to an aromatic ring is 1. The first-order valence-electron chi connectivity index (χ1n) is 5.22. The van der Waals surface area contributed by atoms with E-state index in [4.69, 9.17) is 5.73 Å². The van der Waals surface area contributed by atoms with E-state index in [-0.39, 0.29) is 10.7 Å². The van der Waals surface area contributed by atoms with Gasteiger partial charge >= 0.3 is 0 Å². The number of carbonyl (C=O) groups excluding carboxylic acids is 1. The zero-order chi connectivity index (χ0) is 11.6. The fourth-order valence-corrected chi connectivity index (χ4v) is 3.51. The Morgan fingerprint density at radius 1 is 1.75 bits per heavy atom. The molecule has 1 aromatic heterocycles. The van der Waals surface area contributed by atoms with Gasteiger partial charge in [-0.3, -0.25) is 4.79 Å². The largest absolute Gasteiger partial charge is 0.375 e. The number of nitrogens with one attached hydrogen (secondary N) is 1. The average Bonchev–Trinajstić information content (AvgIpc) is 2.85. The van der Waals surface area contributed by atoms with Gasteiger partial charge in [0, 0.05) is 16.7 Å². The molecule has 1 saturated heterocycles. The molecule has 1 aliphatic heterocycles. The number of thiazole rings is 1. The van der Waals surface area contributed by atoms with Gasteiger partial charge in [0.2, 0.25) is 0 Å². The van der Waals surface area contributed by atoms with Crippen LogP contribution >= 0.6 is 23.1 Å². The lowest BCUT2D eigenvalue weighted by Crippen LogP contribution is -2.36. The van der Waals surface area contributed by atoms with Crippen molar-refractivity contribution in [1.29, 1.82) is 0 Å². The Kier molecular flexibility index (Phi) is 3.39. The van der Waals surface area contributed by atoms with Gasteiger partial charge in [-0.2, -0.15) is 11.8 Å². The molecule has 0 spiro atoms. The maximum Gasteiger partial charge on any atom is 0.270 e. The van der Waals surface area contributed by atoms with Gasteiger partial charge in [-0.1, -0.05) is 0 Å². The van der Waals surface area contributed by atoms with Crippen molar-refractivity contribution in [3.63, 3.8) is 0 Å². The first-order valence-corrected chi connectivity index (χ1v) is 7.09. The molecule has 6 heteroatoms. The van der Waals surface area contributed by atoms with E-state index >= 15 is 0 Å². The molecular weight excluding hydrogens is 242 g/mol. The van der Waals surface area contributed by atoms with Crippen LogP contribution in [0.5, 0.6) is 0 Å². The fraction of sp³-hybridized carbons (Fsp3) is 0.600. The maximum absolute atomic E-state index is 11.7. The topological polar surface area (TPSA) is 68.0 Å². The molecule has 1 amide bonds. The van der Waals surface area contributed by atoms with E-state index in [0.29, 0.717) is 17.4 Å². The number of amides is 1. The maximum atomic E-state index is 11.7. The average molecular weight is 257 g/mol. The van der Waals surface area contributed by atoms with Crippen molar-refractivity contribution in [2.45, 2.75) is 24.5 Å². The molecule has 88 valence electrons. The van der Waals surface area contributed by atoms with Crippen molar-refractivity contribution in [2.24, 2.45) is 0 Å². The molecular formula is C10H15N3OS2. The molecule has 0 aliphatic carbocycles. The second-order valence-electron chi connectivity index (χ2n) is 4.16. The van der Waals surface area contributed by atoms with Crippen LogP contribution in [0.1, 0.15) is 30.3 Å². The molecule has 0 aromatic carbocycles. The first kappa shape index (κ1) is 11.7. The van der Waals surface area contributed by atoms with Crippen LogP contribution < -0.4 is 11.1 Å². The van der Waals surface area contributed by atoms with Crippen LogP contribution in [-0.2, 0) is 0 Å². The molecule has 16 heavy (non-hydrogen) atoms. The number of anilines is 1. The summed E-state index contributed by atoms with van der Waals surface area (Å²) < 4.78 is 0.192. The quantitative estimate of drug-likeness (QED) is 0.865. The number of aromatic nitrogens is 1. The molecule has 0 saturated carbocycles. The highest BCUT2D eigenvalue weighted by molar-refractivity contribution is 8.00. The van der Waals surface area contributed by atoms with Crippen LogP contribution in [0.15, 0.2) is 5.38 Å². The van der Waals surface area contributed by atoms with Gasteiger partial charge in [0.1, 0.15) is 5.69 Å². The minimum absolute atomic E-state index is 0.123. The molecule has 1 fully saturated rings. The Labute approximate surface area is 103 Å². The van der Waals surface area contributed by atoms with E-state index in [0.717, 1.165) is 6.42 Å². The molecule has 0 bridgehead atoms. The minimum Gasteiger partial charge on any atom is -0.375 e. The smallest absolute Gasteiger partial charge is 0.270 e. The second-order valence-corrected chi connectivity index (χ2v) is 6.73. The predicted molar refractivity (Wildman–Crippen MR) is 69.0 cm³/mol. The van der Waals surface area contributed by atoms with Crippen molar-refractivity contribution >= 4 is 34.1 Å². The normalized spacial score (nSPS) is 24.6. The van der Waals surface area contributed by atoms with Crippen molar-refractivity contribution in [3.05, 3.63) is 11.1 Å². The number of hydrogen-bond acceptors (Lipinski definition) is 5. The Morgan fingerprint density at radius 2 is 2.56 bits per heavy atom. The van der Waals surface area contributed by atoms with Gasteiger partial charge in [0.05, 0.1) is 0 Å². The van der Waals surface area contributed by atoms with Gasteiger partial charge in [0.25, 0.3) is 5.91 Å². The Hall–Kier alpha value is -0.750. The first-order chi connectivity index (χ1) is 7.59. The zero-order valence-electron chi connectivity index (χ0n) is 9.16. The summed E-state index contributed by atoms with van der Waals surface area (Å²) in [5.41, 5.74) is 5.91. The predicted octanol–water partition coefficient (Wildman–Crippen LogP) is 1.74. The molecule has 1 atom stereocenters. The molecule has 2 heterocycles. The van der Waals surface area contributed by atoms with E-state index in [2.05, 4.69) is 17.2 Å².